The summed E-state index contributed by atoms with van der Waals surface area (Å²) in [7, 11) is 0. The molecule has 1 N–H and O–H groups in total. The molecule has 2 aromatic rings. The zero-order valence-electron chi connectivity index (χ0n) is 13.8. The van der Waals surface area contributed by atoms with Crippen LogP contribution in [0.3, 0.4) is 0 Å². The van der Waals surface area contributed by atoms with Crippen LogP contribution in [0, 0.1) is 6.92 Å². The van der Waals surface area contributed by atoms with Crippen LogP contribution in [0.15, 0.2) is 39.3 Å². The molecule has 0 aliphatic rings. The lowest BCUT2D eigenvalue weighted by atomic mass is 10.1. The Morgan fingerprint density at radius 3 is 2.42 bits per heavy atom. The SMILES string of the molecule is CCOc1cc(C(=O)Nc2ccc(Br)cc2C)cc(Br)c1OCC. The number of rotatable bonds is 6. The minimum absolute atomic E-state index is 0.204. The fourth-order valence-electron chi connectivity index (χ4n) is 2.21. The summed E-state index contributed by atoms with van der Waals surface area (Å²) in [5.74, 6) is 0.951. The molecule has 0 bridgehead atoms. The van der Waals surface area contributed by atoms with Gasteiger partial charge in [-0.3, -0.25) is 4.79 Å². The normalized spacial score (nSPS) is 10.4. The smallest absolute Gasteiger partial charge is 0.255 e. The summed E-state index contributed by atoms with van der Waals surface area (Å²) in [6, 6.07) is 9.14. The number of aryl methyl sites for hydroxylation is 1. The number of hydrogen-bond acceptors (Lipinski definition) is 3. The molecule has 0 fully saturated rings. The van der Waals surface area contributed by atoms with Gasteiger partial charge in [0.15, 0.2) is 11.5 Å². The van der Waals surface area contributed by atoms with Crippen molar-refractivity contribution in [3.8, 4) is 11.5 Å². The summed E-state index contributed by atoms with van der Waals surface area (Å²) in [5, 5.41) is 2.92. The van der Waals surface area contributed by atoms with Crippen LogP contribution < -0.4 is 14.8 Å². The number of halogens is 2. The molecule has 0 aromatic heterocycles. The number of nitrogens with one attached hydrogen (secondary N) is 1. The van der Waals surface area contributed by atoms with Crippen molar-refractivity contribution in [1.29, 1.82) is 0 Å². The number of amides is 1. The van der Waals surface area contributed by atoms with E-state index in [2.05, 4.69) is 37.2 Å². The molecule has 128 valence electrons. The van der Waals surface area contributed by atoms with E-state index in [9.17, 15) is 4.79 Å². The van der Waals surface area contributed by atoms with Crippen LogP contribution in [0.2, 0.25) is 0 Å². The maximum Gasteiger partial charge on any atom is 0.255 e. The second-order valence-electron chi connectivity index (χ2n) is 5.06. The van der Waals surface area contributed by atoms with Crippen LogP contribution in [-0.2, 0) is 0 Å². The number of hydrogen-bond donors (Lipinski definition) is 1. The maximum atomic E-state index is 12.6. The van der Waals surface area contributed by atoms with Crippen molar-refractivity contribution in [2.45, 2.75) is 20.8 Å². The first-order chi connectivity index (χ1) is 11.5. The molecule has 24 heavy (non-hydrogen) atoms. The minimum atomic E-state index is -0.204. The van der Waals surface area contributed by atoms with E-state index in [4.69, 9.17) is 9.47 Å². The highest BCUT2D eigenvalue weighted by Gasteiger charge is 2.16. The Morgan fingerprint density at radius 2 is 1.79 bits per heavy atom. The first kappa shape index (κ1) is 18.8. The molecule has 0 saturated heterocycles. The highest BCUT2D eigenvalue weighted by molar-refractivity contribution is 9.10. The van der Waals surface area contributed by atoms with Gasteiger partial charge in [0.05, 0.1) is 17.7 Å². The van der Waals surface area contributed by atoms with Crippen molar-refractivity contribution < 1.29 is 14.3 Å². The number of carbonyl (C=O) groups excluding carboxylic acids is 1. The first-order valence-electron chi connectivity index (χ1n) is 7.62. The van der Waals surface area contributed by atoms with Gasteiger partial charge >= 0.3 is 0 Å². The van der Waals surface area contributed by atoms with Crippen LogP contribution in [0.5, 0.6) is 11.5 Å². The van der Waals surface area contributed by atoms with E-state index in [1.165, 1.54) is 0 Å². The summed E-state index contributed by atoms with van der Waals surface area (Å²) < 4.78 is 12.9. The molecular weight excluding hydrogens is 438 g/mol. The van der Waals surface area contributed by atoms with Gasteiger partial charge in [-0.25, -0.2) is 0 Å². The van der Waals surface area contributed by atoms with Gasteiger partial charge in [0.1, 0.15) is 0 Å². The zero-order chi connectivity index (χ0) is 17.7. The van der Waals surface area contributed by atoms with E-state index < -0.39 is 0 Å². The Labute approximate surface area is 158 Å². The molecular formula is C18H19Br2NO3. The summed E-state index contributed by atoms with van der Waals surface area (Å²) in [6.07, 6.45) is 0. The van der Waals surface area contributed by atoms with E-state index in [1.54, 1.807) is 12.1 Å². The molecule has 1 amide bonds. The van der Waals surface area contributed by atoms with Gasteiger partial charge in [0.2, 0.25) is 0 Å². The summed E-state index contributed by atoms with van der Waals surface area (Å²) in [5.41, 5.74) is 2.25. The van der Waals surface area contributed by atoms with Crippen LogP contribution in [0.1, 0.15) is 29.8 Å². The van der Waals surface area contributed by atoms with E-state index in [0.717, 1.165) is 15.7 Å². The summed E-state index contributed by atoms with van der Waals surface area (Å²) >= 11 is 6.87. The molecule has 0 aliphatic heterocycles. The topological polar surface area (TPSA) is 47.6 Å². The van der Waals surface area contributed by atoms with Gasteiger partial charge in [-0.2, -0.15) is 0 Å². The van der Waals surface area contributed by atoms with Gasteiger partial charge in [0.25, 0.3) is 5.91 Å². The van der Waals surface area contributed by atoms with Gasteiger partial charge in [-0.1, -0.05) is 15.9 Å². The zero-order valence-corrected chi connectivity index (χ0v) is 17.0. The molecule has 0 heterocycles. The monoisotopic (exact) mass is 455 g/mol. The molecule has 0 atom stereocenters. The average Bonchev–Trinajstić information content (AvgIpc) is 2.53. The van der Waals surface area contributed by atoms with Crippen molar-refractivity contribution >= 4 is 43.5 Å². The molecule has 4 nitrogen and oxygen atoms in total. The molecule has 6 heteroatoms. The highest BCUT2D eigenvalue weighted by atomic mass is 79.9. The third kappa shape index (κ3) is 4.51. The Bertz CT molecular complexity index is 747. The average molecular weight is 457 g/mol. The van der Waals surface area contributed by atoms with Crippen molar-refractivity contribution in [3.63, 3.8) is 0 Å². The van der Waals surface area contributed by atoms with Gasteiger partial charge in [0, 0.05) is 15.7 Å². The van der Waals surface area contributed by atoms with E-state index >= 15 is 0 Å². The Hall–Kier alpha value is -1.53. The van der Waals surface area contributed by atoms with Crippen molar-refractivity contribution in [3.05, 3.63) is 50.4 Å². The van der Waals surface area contributed by atoms with Gasteiger partial charge in [-0.05, 0) is 72.6 Å². The van der Waals surface area contributed by atoms with Gasteiger partial charge in [-0.15, -0.1) is 0 Å². The Kier molecular flexibility index (Phi) is 6.69. The lowest BCUT2D eigenvalue weighted by Crippen LogP contribution is -2.13. The summed E-state index contributed by atoms with van der Waals surface area (Å²) in [4.78, 5) is 12.6. The maximum absolute atomic E-state index is 12.6. The van der Waals surface area contributed by atoms with E-state index in [1.807, 2.05) is 39.0 Å². The van der Waals surface area contributed by atoms with E-state index in [-0.39, 0.29) is 5.91 Å². The standard InChI is InChI=1S/C18H19Br2NO3/c1-4-23-16-10-12(9-14(20)17(16)24-5-2)18(22)21-15-7-6-13(19)8-11(15)3/h6-10H,4-5H2,1-3H3,(H,21,22). The van der Waals surface area contributed by atoms with Crippen molar-refractivity contribution in [1.82, 2.24) is 0 Å². The predicted octanol–water partition coefficient (Wildman–Crippen LogP) is 5.57. The fourth-order valence-corrected chi connectivity index (χ4v) is 3.24. The highest BCUT2D eigenvalue weighted by Crippen LogP contribution is 2.37. The second kappa shape index (κ2) is 8.53. The van der Waals surface area contributed by atoms with E-state index in [0.29, 0.717) is 34.7 Å². The third-order valence-electron chi connectivity index (χ3n) is 3.30. The Morgan fingerprint density at radius 1 is 1.08 bits per heavy atom. The fraction of sp³-hybridized carbons (Fsp3) is 0.278. The largest absolute Gasteiger partial charge is 0.490 e. The van der Waals surface area contributed by atoms with Crippen LogP contribution in [0.4, 0.5) is 5.69 Å². The first-order valence-corrected chi connectivity index (χ1v) is 9.21. The molecule has 0 spiro atoms. The minimum Gasteiger partial charge on any atom is -0.490 e. The lowest BCUT2D eigenvalue weighted by Gasteiger charge is -2.15. The molecule has 0 unspecified atom stereocenters. The second-order valence-corrected chi connectivity index (χ2v) is 6.83. The Balaban J connectivity index is 2.31. The quantitative estimate of drug-likeness (QED) is 0.618. The number of ether oxygens (including phenoxy) is 2. The molecule has 0 saturated carbocycles. The van der Waals surface area contributed by atoms with Crippen LogP contribution in [0.25, 0.3) is 0 Å². The third-order valence-corrected chi connectivity index (χ3v) is 4.38. The van der Waals surface area contributed by atoms with Crippen molar-refractivity contribution in [2.24, 2.45) is 0 Å². The molecule has 0 aliphatic carbocycles. The predicted molar refractivity (Wildman–Crippen MR) is 103 cm³/mol. The molecule has 2 aromatic carbocycles. The van der Waals surface area contributed by atoms with Crippen LogP contribution in [-0.4, -0.2) is 19.1 Å². The van der Waals surface area contributed by atoms with Gasteiger partial charge < -0.3 is 14.8 Å². The number of anilines is 1. The number of benzene rings is 2. The van der Waals surface area contributed by atoms with Crippen LogP contribution >= 0.6 is 31.9 Å². The lowest BCUT2D eigenvalue weighted by molar-refractivity contribution is 0.102. The molecule has 2 rings (SSSR count). The molecule has 0 radical (unpaired) electrons. The number of carbonyl (C=O) groups is 1. The van der Waals surface area contributed by atoms with Crippen molar-refractivity contribution in [2.75, 3.05) is 18.5 Å². The summed E-state index contributed by atoms with van der Waals surface area (Å²) in [6.45, 7) is 6.74.